The van der Waals surface area contributed by atoms with Crippen molar-refractivity contribution in [2.24, 2.45) is 0 Å². The number of hydrogen-bond donors (Lipinski definition) is 0. The third-order valence-electron chi connectivity index (χ3n) is 3.82. The second kappa shape index (κ2) is 8.69. The summed E-state index contributed by atoms with van der Waals surface area (Å²) in [6, 6.07) is 10.8. The van der Waals surface area contributed by atoms with Gasteiger partial charge in [-0.05, 0) is 76.1 Å². The van der Waals surface area contributed by atoms with Crippen LogP contribution in [-0.2, 0) is 11.4 Å². The number of nitrogens with zero attached hydrogens (tertiary/aromatic N) is 1. The monoisotopic (exact) mass is 485 g/mol. The maximum absolute atomic E-state index is 12.2. The van der Waals surface area contributed by atoms with Gasteiger partial charge < -0.3 is 4.74 Å². The van der Waals surface area contributed by atoms with Crippen LogP contribution in [0.1, 0.15) is 18.1 Å². The molecule has 0 aliphatic carbocycles. The Morgan fingerprint density at radius 1 is 1.15 bits per heavy atom. The number of amides is 2. The van der Waals surface area contributed by atoms with Crippen LogP contribution >= 0.6 is 50.9 Å². The summed E-state index contributed by atoms with van der Waals surface area (Å²) in [4.78, 5) is 25.6. The van der Waals surface area contributed by atoms with Gasteiger partial charge in [0.1, 0.15) is 12.4 Å². The predicted molar refractivity (Wildman–Crippen MR) is 113 cm³/mol. The molecule has 0 N–H and O–H groups in total. The lowest BCUT2D eigenvalue weighted by atomic mass is 10.2. The highest BCUT2D eigenvalue weighted by molar-refractivity contribution is 9.10. The van der Waals surface area contributed by atoms with Gasteiger partial charge in [-0.1, -0.05) is 35.3 Å². The first-order chi connectivity index (χ1) is 12.9. The van der Waals surface area contributed by atoms with Crippen LogP contribution < -0.4 is 4.74 Å². The first-order valence-corrected chi connectivity index (χ1v) is 10.4. The van der Waals surface area contributed by atoms with Crippen LogP contribution in [-0.4, -0.2) is 22.6 Å². The molecule has 1 saturated heterocycles. The van der Waals surface area contributed by atoms with Crippen molar-refractivity contribution in [3.8, 4) is 5.75 Å². The number of carbonyl (C=O) groups is 2. The molecule has 1 heterocycles. The molecule has 2 aromatic rings. The largest absolute Gasteiger partial charge is 0.488 e. The Kier molecular flexibility index (Phi) is 6.52. The molecule has 4 nitrogen and oxygen atoms in total. The number of imide groups is 1. The fourth-order valence-corrected chi connectivity index (χ4v) is 4.17. The predicted octanol–water partition coefficient (Wildman–Crippen LogP) is 6.39. The van der Waals surface area contributed by atoms with Crippen molar-refractivity contribution < 1.29 is 14.3 Å². The molecule has 3 rings (SSSR count). The van der Waals surface area contributed by atoms with Gasteiger partial charge in [0.15, 0.2) is 0 Å². The normalized spacial score (nSPS) is 15.7. The van der Waals surface area contributed by atoms with Gasteiger partial charge in [0.05, 0.1) is 19.4 Å². The lowest BCUT2D eigenvalue weighted by Crippen LogP contribution is -2.27. The molecular formula is C19H14BrCl2NO3S. The second-order valence-electron chi connectivity index (χ2n) is 5.65. The van der Waals surface area contributed by atoms with Gasteiger partial charge >= 0.3 is 0 Å². The highest BCUT2D eigenvalue weighted by atomic mass is 79.9. The van der Waals surface area contributed by atoms with E-state index < -0.39 is 0 Å². The Bertz CT molecular complexity index is 949. The van der Waals surface area contributed by atoms with E-state index >= 15 is 0 Å². The van der Waals surface area contributed by atoms with E-state index in [1.54, 1.807) is 31.2 Å². The molecule has 8 heteroatoms. The van der Waals surface area contributed by atoms with Gasteiger partial charge in [0.2, 0.25) is 0 Å². The maximum Gasteiger partial charge on any atom is 0.293 e. The number of halogens is 3. The Morgan fingerprint density at radius 2 is 1.93 bits per heavy atom. The van der Waals surface area contributed by atoms with Crippen LogP contribution in [0.15, 0.2) is 45.8 Å². The number of rotatable bonds is 5. The molecule has 1 aliphatic rings. The van der Waals surface area contributed by atoms with Gasteiger partial charge in [0.25, 0.3) is 11.1 Å². The lowest BCUT2D eigenvalue weighted by Gasteiger charge is -2.10. The molecule has 0 saturated carbocycles. The van der Waals surface area contributed by atoms with Gasteiger partial charge in [-0.2, -0.15) is 0 Å². The molecule has 0 spiro atoms. The fourth-order valence-electron chi connectivity index (χ4n) is 2.44. The highest BCUT2D eigenvalue weighted by Gasteiger charge is 2.33. The summed E-state index contributed by atoms with van der Waals surface area (Å²) in [5.74, 6) is 0.392. The number of thioether (sulfide) groups is 1. The third-order valence-corrected chi connectivity index (χ3v) is 6.09. The highest BCUT2D eigenvalue weighted by Crippen LogP contribution is 2.34. The molecule has 1 fully saturated rings. The number of carbonyl (C=O) groups excluding carboxylic acids is 2. The third kappa shape index (κ3) is 4.69. The summed E-state index contributed by atoms with van der Waals surface area (Å²) >= 11 is 16.4. The van der Waals surface area contributed by atoms with Crippen LogP contribution in [0.3, 0.4) is 0 Å². The second-order valence-corrected chi connectivity index (χ2v) is 8.31. The molecule has 140 valence electrons. The molecule has 0 unspecified atom stereocenters. The van der Waals surface area contributed by atoms with Crippen molar-refractivity contribution in [3.05, 3.63) is 66.9 Å². The number of hydrogen-bond acceptors (Lipinski definition) is 4. The van der Waals surface area contributed by atoms with Crippen LogP contribution in [0.25, 0.3) is 6.08 Å². The van der Waals surface area contributed by atoms with Crippen molar-refractivity contribution in [1.29, 1.82) is 0 Å². The average molecular weight is 487 g/mol. The van der Waals surface area contributed by atoms with E-state index in [0.29, 0.717) is 33.9 Å². The van der Waals surface area contributed by atoms with Crippen molar-refractivity contribution in [2.75, 3.05) is 6.54 Å². The quantitative estimate of drug-likeness (QED) is 0.459. The van der Waals surface area contributed by atoms with Crippen molar-refractivity contribution in [1.82, 2.24) is 4.90 Å². The van der Waals surface area contributed by atoms with E-state index in [1.807, 2.05) is 18.2 Å². The first kappa shape index (κ1) is 20.3. The van der Waals surface area contributed by atoms with E-state index in [9.17, 15) is 9.59 Å². The van der Waals surface area contributed by atoms with E-state index in [4.69, 9.17) is 27.9 Å². The first-order valence-electron chi connectivity index (χ1n) is 8.00. The van der Waals surface area contributed by atoms with E-state index in [0.717, 1.165) is 27.4 Å². The Hall–Kier alpha value is -1.47. The molecule has 27 heavy (non-hydrogen) atoms. The molecule has 0 radical (unpaired) electrons. The maximum atomic E-state index is 12.2. The zero-order chi connectivity index (χ0) is 19.6. The number of likely N-dealkylation sites (N-methyl/N-ethyl adjacent to an activating group) is 1. The Labute approximate surface area is 179 Å². The molecule has 2 aromatic carbocycles. The van der Waals surface area contributed by atoms with Gasteiger partial charge in [-0.25, -0.2) is 0 Å². The molecular weight excluding hydrogens is 473 g/mol. The van der Waals surface area contributed by atoms with Crippen LogP contribution in [0.4, 0.5) is 4.79 Å². The summed E-state index contributed by atoms with van der Waals surface area (Å²) in [6.07, 6.45) is 1.70. The zero-order valence-corrected chi connectivity index (χ0v) is 18.1. The summed E-state index contributed by atoms with van der Waals surface area (Å²) in [7, 11) is 0. The molecule has 0 bridgehead atoms. The van der Waals surface area contributed by atoms with E-state index in [1.165, 1.54) is 4.90 Å². The minimum atomic E-state index is -0.261. The Morgan fingerprint density at radius 3 is 2.56 bits per heavy atom. The average Bonchev–Trinajstić information content (AvgIpc) is 2.90. The topological polar surface area (TPSA) is 46.6 Å². The van der Waals surface area contributed by atoms with Gasteiger partial charge in [0, 0.05) is 6.54 Å². The summed E-state index contributed by atoms with van der Waals surface area (Å²) in [6.45, 7) is 2.48. The standard InChI is InChI=1S/C19H14BrCl2NO3S/c1-2-23-18(24)17(27-19(23)25)9-11-4-6-16(13(20)7-11)26-10-12-3-5-14(21)15(22)8-12/h3-9H,2,10H2,1H3/b17-9+. The lowest BCUT2D eigenvalue weighted by molar-refractivity contribution is -0.122. The summed E-state index contributed by atoms with van der Waals surface area (Å²) < 4.78 is 6.55. The Balaban J connectivity index is 1.72. The van der Waals surface area contributed by atoms with Gasteiger partial charge in [-0.3, -0.25) is 14.5 Å². The van der Waals surface area contributed by atoms with Crippen molar-refractivity contribution >= 4 is 68.1 Å². The number of ether oxygens (including phenoxy) is 1. The van der Waals surface area contributed by atoms with E-state index in [-0.39, 0.29) is 11.1 Å². The molecule has 1 aliphatic heterocycles. The van der Waals surface area contributed by atoms with Gasteiger partial charge in [-0.15, -0.1) is 0 Å². The van der Waals surface area contributed by atoms with Crippen LogP contribution in [0.2, 0.25) is 10.0 Å². The summed E-state index contributed by atoms with van der Waals surface area (Å²) in [5.41, 5.74) is 1.69. The number of benzene rings is 2. The molecule has 0 aromatic heterocycles. The minimum absolute atomic E-state index is 0.241. The molecule has 0 atom stereocenters. The smallest absolute Gasteiger partial charge is 0.293 e. The molecule has 2 amide bonds. The van der Waals surface area contributed by atoms with Crippen molar-refractivity contribution in [2.45, 2.75) is 13.5 Å². The fraction of sp³-hybridized carbons (Fsp3) is 0.158. The SMILES string of the molecule is CCN1C(=O)S/C(=C/c2ccc(OCc3ccc(Cl)c(Cl)c3)c(Br)c2)C1=O. The van der Waals surface area contributed by atoms with Crippen LogP contribution in [0.5, 0.6) is 5.75 Å². The van der Waals surface area contributed by atoms with Crippen LogP contribution in [0, 0.1) is 0 Å². The zero-order valence-electron chi connectivity index (χ0n) is 14.2. The van der Waals surface area contributed by atoms with E-state index in [2.05, 4.69) is 15.9 Å². The minimum Gasteiger partial charge on any atom is -0.488 e. The summed E-state index contributed by atoms with van der Waals surface area (Å²) in [5, 5.41) is 0.737. The van der Waals surface area contributed by atoms with Crippen molar-refractivity contribution in [3.63, 3.8) is 0 Å².